The molecule has 5 nitrogen and oxygen atoms in total. The highest BCUT2D eigenvalue weighted by Crippen LogP contribution is 2.23. The summed E-state index contributed by atoms with van der Waals surface area (Å²) >= 11 is 11.7. The standard InChI is InChI=1S/C18H14Cl2N2O3/c19-14-3-1-13(2-4-14)17(11-22-10-9-21-12-22)25-18(23)24-16-7-5-15(20)6-8-16/h1-10,12,17H,11H2. The van der Waals surface area contributed by atoms with E-state index >= 15 is 0 Å². The van der Waals surface area contributed by atoms with Crippen LogP contribution in [0.15, 0.2) is 67.3 Å². The molecule has 0 aliphatic carbocycles. The van der Waals surface area contributed by atoms with Gasteiger partial charge in [-0.15, -0.1) is 0 Å². The van der Waals surface area contributed by atoms with Crippen molar-refractivity contribution < 1.29 is 14.3 Å². The number of rotatable bonds is 5. The largest absolute Gasteiger partial charge is 0.514 e. The number of hydrogen-bond donors (Lipinski definition) is 0. The molecule has 1 unspecified atom stereocenters. The molecule has 2 aromatic carbocycles. The first-order valence-electron chi connectivity index (χ1n) is 7.45. The van der Waals surface area contributed by atoms with Crippen LogP contribution in [-0.4, -0.2) is 15.7 Å². The molecule has 1 aromatic heterocycles. The maximum absolute atomic E-state index is 12.1. The SMILES string of the molecule is O=C(Oc1ccc(Cl)cc1)OC(Cn1ccnc1)c1ccc(Cl)cc1. The Balaban J connectivity index is 1.73. The van der Waals surface area contributed by atoms with E-state index in [0.717, 1.165) is 5.56 Å². The fourth-order valence-corrected chi connectivity index (χ4v) is 2.47. The smallest absolute Gasteiger partial charge is 0.424 e. The van der Waals surface area contributed by atoms with E-state index in [4.69, 9.17) is 32.7 Å². The molecule has 0 N–H and O–H groups in total. The van der Waals surface area contributed by atoms with Crippen molar-refractivity contribution in [3.05, 3.63) is 82.9 Å². The monoisotopic (exact) mass is 376 g/mol. The topological polar surface area (TPSA) is 53.4 Å². The third-order valence-corrected chi connectivity index (χ3v) is 3.93. The molecule has 0 aliphatic heterocycles. The fraction of sp³-hybridized carbons (Fsp3) is 0.111. The van der Waals surface area contributed by atoms with E-state index < -0.39 is 12.3 Å². The van der Waals surface area contributed by atoms with Crippen LogP contribution < -0.4 is 4.74 Å². The van der Waals surface area contributed by atoms with Crippen molar-refractivity contribution >= 4 is 29.4 Å². The zero-order chi connectivity index (χ0) is 17.6. The minimum atomic E-state index is -0.803. The lowest BCUT2D eigenvalue weighted by atomic mass is 10.1. The quantitative estimate of drug-likeness (QED) is 0.456. The summed E-state index contributed by atoms with van der Waals surface area (Å²) in [6.45, 7) is 0.400. The maximum Gasteiger partial charge on any atom is 0.514 e. The first kappa shape index (κ1) is 17.3. The Morgan fingerprint density at radius 1 is 1.04 bits per heavy atom. The number of benzene rings is 2. The molecule has 0 saturated carbocycles. The number of imidazole rings is 1. The molecule has 3 aromatic rings. The Labute approximate surface area is 154 Å². The third kappa shape index (κ3) is 4.98. The van der Waals surface area contributed by atoms with E-state index in [0.29, 0.717) is 22.3 Å². The van der Waals surface area contributed by atoms with Gasteiger partial charge in [0.15, 0.2) is 0 Å². The van der Waals surface area contributed by atoms with Crippen molar-refractivity contribution in [2.75, 3.05) is 0 Å². The molecule has 0 amide bonds. The molecule has 0 aliphatic rings. The number of nitrogens with zero attached hydrogens (tertiary/aromatic N) is 2. The Hall–Kier alpha value is -2.50. The van der Waals surface area contributed by atoms with Crippen LogP contribution in [-0.2, 0) is 11.3 Å². The van der Waals surface area contributed by atoms with Crippen molar-refractivity contribution in [1.29, 1.82) is 0 Å². The second kappa shape index (κ2) is 8.05. The molecule has 0 saturated heterocycles. The number of hydrogen-bond acceptors (Lipinski definition) is 4. The number of aromatic nitrogens is 2. The van der Waals surface area contributed by atoms with Crippen molar-refractivity contribution in [2.45, 2.75) is 12.6 Å². The molecular weight excluding hydrogens is 363 g/mol. The summed E-state index contributed by atoms with van der Waals surface area (Å²) in [5, 5.41) is 1.16. The van der Waals surface area contributed by atoms with Crippen LogP contribution >= 0.6 is 23.2 Å². The van der Waals surface area contributed by atoms with Gasteiger partial charge in [0.25, 0.3) is 0 Å². The van der Waals surface area contributed by atoms with Crippen LogP contribution in [0, 0.1) is 0 Å². The van der Waals surface area contributed by atoms with Crippen molar-refractivity contribution in [3.63, 3.8) is 0 Å². The van der Waals surface area contributed by atoms with E-state index in [2.05, 4.69) is 4.98 Å². The Bertz CT molecular complexity index is 819. The molecule has 0 fully saturated rings. The number of carbonyl (C=O) groups excluding carboxylic acids is 1. The van der Waals surface area contributed by atoms with Gasteiger partial charge >= 0.3 is 6.16 Å². The summed E-state index contributed by atoms with van der Waals surface area (Å²) < 4.78 is 12.5. The highest BCUT2D eigenvalue weighted by atomic mass is 35.5. The van der Waals surface area contributed by atoms with E-state index in [-0.39, 0.29) is 0 Å². The summed E-state index contributed by atoms with van der Waals surface area (Å²) in [7, 11) is 0. The number of carbonyl (C=O) groups is 1. The van der Waals surface area contributed by atoms with E-state index in [1.807, 2.05) is 4.57 Å². The highest BCUT2D eigenvalue weighted by Gasteiger charge is 2.19. The zero-order valence-electron chi connectivity index (χ0n) is 13.0. The first-order valence-corrected chi connectivity index (χ1v) is 8.21. The van der Waals surface area contributed by atoms with Gasteiger partial charge < -0.3 is 14.0 Å². The molecule has 0 bridgehead atoms. The van der Waals surface area contributed by atoms with Gasteiger partial charge in [-0.2, -0.15) is 0 Å². The van der Waals surface area contributed by atoms with E-state index in [1.54, 1.807) is 67.3 Å². The van der Waals surface area contributed by atoms with Crippen LogP contribution in [0.5, 0.6) is 5.75 Å². The molecule has 1 atom stereocenters. The number of halogens is 2. The predicted molar refractivity (Wildman–Crippen MR) is 95.0 cm³/mol. The lowest BCUT2D eigenvalue weighted by molar-refractivity contribution is 0.0500. The molecule has 25 heavy (non-hydrogen) atoms. The molecule has 128 valence electrons. The number of ether oxygens (including phenoxy) is 2. The first-order chi connectivity index (χ1) is 12.1. The van der Waals surface area contributed by atoms with Crippen LogP contribution in [0.4, 0.5) is 4.79 Å². The van der Waals surface area contributed by atoms with E-state index in [9.17, 15) is 4.79 Å². The van der Waals surface area contributed by atoms with Gasteiger partial charge in [-0.1, -0.05) is 35.3 Å². The van der Waals surface area contributed by atoms with Gasteiger partial charge in [0.2, 0.25) is 0 Å². The minimum Gasteiger partial charge on any atom is -0.424 e. The summed E-state index contributed by atoms with van der Waals surface area (Å²) in [4.78, 5) is 16.1. The van der Waals surface area contributed by atoms with Gasteiger partial charge in [0.1, 0.15) is 11.9 Å². The Morgan fingerprint density at radius 2 is 1.68 bits per heavy atom. The van der Waals surface area contributed by atoms with Crippen LogP contribution in [0.1, 0.15) is 11.7 Å². The Kier molecular flexibility index (Phi) is 5.58. The van der Waals surface area contributed by atoms with Crippen LogP contribution in [0.25, 0.3) is 0 Å². The molecule has 7 heteroatoms. The molecule has 0 radical (unpaired) electrons. The van der Waals surface area contributed by atoms with Gasteiger partial charge in [0.05, 0.1) is 12.9 Å². The second-order valence-electron chi connectivity index (χ2n) is 5.22. The van der Waals surface area contributed by atoms with Crippen molar-refractivity contribution in [1.82, 2.24) is 9.55 Å². The van der Waals surface area contributed by atoms with Crippen molar-refractivity contribution in [3.8, 4) is 5.75 Å². The molecule has 1 heterocycles. The summed E-state index contributed by atoms with van der Waals surface area (Å²) in [6.07, 6.45) is 3.74. The van der Waals surface area contributed by atoms with Gasteiger partial charge in [-0.25, -0.2) is 9.78 Å². The zero-order valence-corrected chi connectivity index (χ0v) is 14.5. The van der Waals surface area contributed by atoms with Gasteiger partial charge in [-0.05, 0) is 42.0 Å². The predicted octanol–water partition coefficient (Wildman–Crippen LogP) is 5.15. The highest BCUT2D eigenvalue weighted by molar-refractivity contribution is 6.30. The van der Waals surface area contributed by atoms with Gasteiger partial charge in [-0.3, -0.25) is 0 Å². The molecular formula is C18H14Cl2N2O3. The second-order valence-corrected chi connectivity index (χ2v) is 6.10. The summed E-state index contributed by atoms with van der Waals surface area (Å²) in [5.74, 6) is 0.354. The van der Waals surface area contributed by atoms with Crippen LogP contribution in [0.2, 0.25) is 10.0 Å². The third-order valence-electron chi connectivity index (χ3n) is 3.43. The Morgan fingerprint density at radius 3 is 2.28 bits per heavy atom. The molecule has 3 rings (SSSR count). The average molecular weight is 377 g/mol. The normalized spacial score (nSPS) is 11.8. The summed E-state index contributed by atoms with van der Waals surface area (Å²) in [5.41, 5.74) is 0.797. The van der Waals surface area contributed by atoms with Crippen LogP contribution in [0.3, 0.4) is 0 Å². The lowest BCUT2D eigenvalue weighted by Crippen LogP contribution is -2.19. The molecule has 0 spiro atoms. The summed E-state index contributed by atoms with van der Waals surface area (Å²) in [6, 6.07) is 13.5. The minimum absolute atomic E-state index is 0.354. The maximum atomic E-state index is 12.1. The fourth-order valence-electron chi connectivity index (χ4n) is 2.21. The van der Waals surface area contributed by atoms with E-state index in [1.165, 1.54) is 0 Å². The average Bonchev–Trinajstić information content (AvgIpc) is 3.10. The van der Waals surface area contributed by atoms with Crippen molar-refractivity contribution in [2.24, 2.45) is 0 Å². The van der Waals surface area contributed by atoms with Gasteiger partial charge in [0, 0.05) is 22.4 Å². The lowest BCUT2D eigenvalue weighted by Gasteiger charge is -2.18.